The van der Waals surface area contributed by atoms with E-state index in [4.69, 9.17) is 4.74 Å². The molecule has 2 N–H and O–H groups in total. The summed E-state index contributed by atoms with van der Waals surface area (Å²) in [6.07, 6.45) is 4.66. The van der Waals surface area contributed by atoms with Crippen LogP contribution in [-0.2, 0) is 17.6 Å². The summed E-state index contributed by atoms with van der Waals surface area (Å²) in [6, 6.07) is 12.7. The first kappa shape index (κ1) is 17.0. The van der Waals surface area contributed by atoms with Crippen LogP contribution in [-0.4, -0.2) is 23.3 Å². The predicted octanol–water partition coefficient (Wildman–Crippen LogP) is 3.19. The Bertz CT molecular complexity index is 782. The molecule has 2 aromatic rings. The Hall–Kier alpha value is -2.82. The molecule has 0 aromatic heterocycles. The first-order chi connectivity index (χ1) is 12.1. The smallest absolute Gasteiger partial charge is 0.277 e. The van der Waals surface area contributed by atoms with Gasteiger partial charge in [0, 0.05) is 0 Å². The van der Waals surface area contributed by atoms with Crippen LogP contribution in [0.15, 0.2) is 47.6 Å². The second-order valence-corrected chi connectivity index (χ2v) is 6.21. The van der Waals surface area contributed by atoms with Gasteiger partial charge in [0.1, 0.15) is 11.5 Å². The highest BCUT2D eigenvalue weighted by Crippen LogP contribution is 2.25. The maximum atomic E-state index is 11.9. The number of phenolic OH excluding ortho intramolecular Hbond substituents is 1. The number of ether oxygens (including phenoxy) is 1. The topological polar surface area (TPSA) is 70.9 Å². The van der Waals surface area contributed by atoms with E-state index in [1.807, 2.05) is 12.1 Å². The molecule has 3 rings (SSSR count). The third kappa shape index (κ3) is 4.59. The first-order valence-electron chi connectivity index (χ1n) is 8.49. The fraction of sp³-hybridized carbons (Fsp3) is 0.300. The molecule has 0 unspecified atom stereocenters. The molecule has 0 aliphatic heterocycles. The summed E-state index contributed by atoms with van der Waals surface area (Å²) in [6.45, 7) is 1.71. The van der Waals surface area contributed by atoms with Crippen molar-refractivity contribution in [2.75, 3.05) is 6.61 Å². The van der Waals surface area contributed by atoms with Crippen LogP contribution in [0.4, 0.5) is 0 Å². The van der Waals surface area contributed by atoms with Crippen molar-refractivity contribution in [3.63, 3.8) is 0 Å². The molecule has 130 valence electrons. The Kier molecular flexibility index (Phi) is 5.33. The number of carbonyl (C=O) groups is 1. The predicted molar refractivity (Wildman–Crippen MR) is 97.0 cm³/mol. The quantitative estimate of drug-likeness (QED) is 0.650. The minimum absolute atomic E-state index is 0.0782. The van der Waals surface area contributed by atoms with Gasteiger partial charge in [-0.3, -0.25) is 4.79 Å². The molecule has 0 radical (unpaired) electrons. The average Bonchev–Trinajstić information content (AvgIpc) is 2.65. The lowest BCUT2D eigenvalue weighted by atomic mass is 9.92. The molecule has 25 heavy (non-hydrogen) atoms. The SMILES string of the molecule is C/C(=N\NC(=O)COc1ccc2c(c1)CCCC2)c1ccc(O)cc1. The van der Waals surface area contributed by atoms with E-state index >= 15 is 0 Å². The summed E-state index contributed by atoms with van der Waals surface area (Å²) >= 11 is 0. The number of hydrogen-bond donors (Lipinski definition) is 2. The molecule has 0 atom stereocenters. The van der Waals surface area contributed by atoms with Crippen molar-refractivity contribution in [1.82, 2.24) is 5.43 Å². The molecule has 0 saturated carbocycles. The highest BCUT2D eigenvalue weighted by Gasteiger charge is 2.10. The van der Waals surface area contributed by atoms with Crippen LogP contribution in [0.5, 0.6) is 11.5 Å². The third-order valence-corrected chi connectivity index (χ3v) is 4.32. The largest absolute Gasteiger partial charge is 0.508 e. The van der Waals surface area contributed by atoms with Gasteiger partial charge in [-0.05, 0) is 85.7 Å². The molecule has 0 spiro atoms. The van der Waals surface area contributed by atoms with Gasteiger partial charge >= 0.3 is 0 Å². The molecular formula is C20H22N2O3. The van der Waals surface area contributed by atoms with Crippen molar-refractivity contribution in [2.24, 2.45) is 5.10 Å². The summed E-state index contributed by atoms with van der Waals surface area (Å²) in [5.41, 5.74) is 6.68. The van der Waals surface area contributed by atoms with E-state index in [-0.39, 0.29) is 18.3 Å². The Morgan fingerprint density at radius 2 is 1.84 bits per heavy atom. The average molecular weight is 338 g/mol. The minimum atomic E-state index is -0.309. The van der Waals surface area contributed by atoms with Crippen molar-refractivity contribution in [1.29, 1.82) is 0 Å². The molecule has 1 aliphatic rings. The number of hydrogen-bond acceptors (Lipinski definition) is 4. The summed E-state index contributed by atoms with van der Waals surface area (Å²) in [4.78, 5) is 11.9. The van der Waals surface area contributed by atoms with E-state index in [9.17, 15) is 9.90 Å². The highest BCUT2D eigenvalue weighted by molar-refractivity contribution is 5.99. The first-order valence-corrected chi connectivity index (χ1v) is 8.49. The van der Waals surface area contributed by atoms with E-state index in [0.29, 0.717) is 5.71 Å². The zero-order chi connectivity index (χ0) is 17.6. The number of fused-ring (bicyclic) bond motifs is 1. The summed E-state index contributed by atoms with van der Waals surface area (Å²) < 4.78 is 5.57. The molecule has 0 fully saturated rings. The van der Waals surface area contributed by atoms with E-state index in [1.165, 1.54) is 24.0 Å². The second kappa shape index (κ2) is 7.83. The normalized spacial score (nSPS) is 13.9. The van der Waals surface area contributed by atoms with E-state index in [1.54, 1.807) is 31.2 Å². The molecule has 1 aliphatic carbocycles. The van der Waals surface area contributed by atoms with Crippen LogP contribution in [0, 0.1) is 0 Å². The maximum Gasteiger partial charge on any atom is 0.277 e. The zero-order valence-corrected chi connectivity index (χ0v) is 14.3. The molecular weight excluding hydrogens is 316 g/mol. The Balaban J connectivity index is 1.52. The fourth-order valence-electron chi connectivity index (χ4n) is 2.89. The van der Waals surface area contributed by atoms with Gasteiger partial charge in [0.05, 0.1) is 5.71 Å². The molecule has 5 nitrogen and oxygen atoms in total. The number of nitrogens with zero attached hydrogens (tertiary/aromatic N) is 1. The van der Waals surface area contributed by atoms with Crippen molar-refractivity contribution in [2.45, 2.75) is 32.6 Å². The number of carbonyl (C=O) groups excluding carboxylic acids is 1. The molecule has 0 saturated heterocycles. The van der Waals surface area contributed by atoms with E-state index in [2.05, 4.69) is 16.6 Å². The fourth-order valence-corrected chi connectivity index (χ4v) is 2.89. The molecule has 1 amide bonds. The highest BCUT2D eigenvalue weighted by atomic mass is 16.5. The number of hydrazone groups is 1. The second-order valence-electron chi connectivity index (χ2n) is 6.21. The molecule has 2 aromatic carbocycles. The third-order valence-electron chi connectivity index (χ3n) is 4.32. The van der Waals surface area contributed by atoms with Crippen LogP contribution in [0.3, 0.4) is 0 Å². The van der Waals surface area contributed by atoms with Gasteiger partial charge < -0.3 is 9.84 Å². The van der Waals surface area contributed by atoms with Crippen LogP contribution in [0.2, 0.25) is 0 Å². The van der Waals surface area contributed by atoms with Crippen LogP contribution < -0.4 is 10.2 Å². The van der Waals surface area contributed by atoms with Crippen molar-refractivity contribution in [3.05, 3.63) is 59.2 Å². The number of benzene rings is 2. The number of aryl methyl sites for hydroxylation is 2. The molecule has 0 heterocycles. The molecule has 0 bridgehead atoms. The summed E-state index contributed by atoms with van der Waals surface area (Å²) in [5, 5.41) is 13.3. The number of phenols is 1. The van der Waals surface area contributed by atoms with E-state index in [0.717, 1.165) is 24.2 Å². The lowest BCUT2D eigenvalue weighted by Gasteiger charge is -2.16. The molecule has 5 heteroatoms. The van der Waals surface area contributed by atoms with Gasteiger partial charge in [0.25, 0.3) is 5.91 Å². The van der Waals surface area contributed by atoms with Crippen molar-refractivity contribution >= 4 is 11.6 Å². The van der Waals surface area contributed by atoms with Gasteiger partial charge in [0.15, 0.2) is 6.61 Å². The van der Waals surface area contributed by atoms with Gasteiger partial charge in [-0.2, -0.15) is 5.10 Å². The van der Waals surface area contributed by atoms with E-state index < -0.39 is 0 Å². The van der Waals surface area contributed by atoms with Gasteiger partial charge in [-0.1, -0.05) is 6.07 Å². The summed E-state index contributed by atoms with van der Waals surface area (Å²) in [5.74, 6) is 0.602. The van der Waals surface area contributed by atoms with Crippen LogP contribution in [0.25, 0.3) is 0 Å². The van der Waals surface area contributed by atoms with Gasteiger partial charge in [-0.15, -0.1) is 0 Å². The number of amides is 1. The monoisotopic (exact) mass is 338 g/mol. The van der Waals surface area contributed by atoms with Crippen molar-refractivity contribution in [3.8, 4) is 11.5 Å². The van der Waals surface area contributed by atoms with Crippen molar-refractivity contribution < 1.29 is 14.6 Å². The number of nitrogens with one attached hydrogen (secondary N) is 1. The summed E-state index contributed by atoms with van der Waals surface area (Å²) in [7, 11) is 0. The van der Waals surface area contributed by atoms with Gasteiger partial charge in [0.2, 0.25) is 0 Å². The number of rotatable bonds is 5. The lowest BCUT2D eigenvalue weighted by Crippen LogP contribution is -2.25. The maximum absolute atomic E-state index is 11.9. The Morgan fingerprint density at radius 3 is 2.60 bits per heavy atom. The van der Waals surface area contributed by atoms with Crippen LogP contribution in [0.1, 0.15) is 36.5 Å². The standard InChI is InChI=1S/C20H22N2O3/c1-14(15-6-9-18(23)10-7-15)21-22-20(24)13-25-19-11-8-16-4-2-3-5-17(16)12-19/h6-12,23H,2-5,13H2,1H3,(H,22,24)/b21-14+. The Labute approximate surface area is 147 Å². The Morgan fingerprint density at radius 1 is 1.12 bits per heavy atom. The lowest BCUT2D eigenvalue weighted by molar-refractivity contribution is -0.123. The van der Waals surface area contributed by atoms with Gasteiger partial charge in [-0.25, -0.2) is 5.43 Å². The van der Waals surface area contributed by atoms with Crippen LogP contribution >= 0.6 is 0 Å². The minimum Gasteiger partial charge on any atom is -0.508 e. The zero-order valence-electron chi connectivity index (χ0n) is 14.3. The number of aromatic hydroxyl groups is 1.